The quantitative estimate of drug-likeness (QED) is 0.694. The summed E-state index contributed by atoms with van der Waals surface area (Å²) in [5.74, 6) is 0.257. The molecule has 1 nitrogen and oxygen atoms in total. The van der Waals surface area contributed by atoms with Crippen LogP contribution in [0.2, 0.25) is 0 Å². The van der Waals surface area contributed by atoms with Crippen LogP contribution in [0.15, 0.2) is 29.8 Å². The number of allylic oxidation sites excluding steroid dienone is 2. The molecule has 0 aromatic heterocycles. The van der Waals surface area contributed by atoms with Gasteiger partial charge in [-0.15, -0.1) is 0 Å². The zero-order chi connectivity index (χ0) is 10.1. The Balaban J connectivity index is 2.34. The van der Waals surface area contributed by atoms with Gasteiger partial charge < -0.3 is 0 Å². The average Bonchev–Trinajstić information content (AvgIpc) is 2.44. The van der Waals surface area contributed by atoms with Crippen molar-refractivity contribution in [2.45, 2.75) is 26.7 Å². The van der Waals surface area contributed by atoms with E-state index in [0.29, 0.717) is 6.42 Å². The maximum absolute atomic E-state index is 11.1. The Morgan fingerprint density at radius 2 is 2.07 bits per heavy atom. The second-order valence-corrected chi connectivity index (χ2v) is 3.94. The van der Waals surface area contributed by atoms with E-state index in [2.05, 4.69) is 31.2 Å². The van der Waals surface area contributed by atoms with Crippen molar-refractivity contribution in [2.24, 2.45) is 0 Å². The van der Waals surface area contributed by atoms with E-state index in [1.54, 1.807) is 6.92 Å². The van der Waals surface area contributed by atoms with Gasteiger partial charge in [0, 0.05) is 6.42 Å². The highest BCUT2D eigenvalue weighted by Gasteiger charge is 2.18. The minimum Gasteiger partial charge on any atom is -0.300 e. The fourth-order valence-electron chi connectivity index (χ4n) is 2.09. The van der Waals surface area contributed by atoms with Crippen LogP contribution in [0.25, 0.3) is 5.57 Å². The molecule has 1 aromatic carbocycles. The average molecular weight is 186 g/mol. The van der Waals surface area contributed by atoms with Gasteiger partial charge in [0.1, 0.15) is 5.78 Å². The van der Waals surface area contributed by atoms with Crippen molar-refractivity contribution in [3.63, 3.8) is 0 Å². The Bertz CT molecular complexity index is 413. The molecule has 0 saturated carbocycles. The Morgan fingerprint density at radius 1 is 1.36 bits per heavy atom. The molecule has 72 valence electrons. The van der Waals surface area contributed by atoms with E-state index in [-0.39, 0.29) is 5.78 Å². The molecule has 1 aliphatic carbocycles. The van der Waals surface area contributed by atoms with Gasteiger partial charge in [0.15, 0.2) is 0 Å². The topological polar surface area (TPSA) is 17.1 Å². The number of hydrogen-bond donors (Lipinski definition) is 0. The molecule has 0 aliphatic heterocycles. The van der Waals surface area contributed by atoms with E-state index in [4.69, 9.17) is 0 Å². The van der Waals surface area contributed by atoms with E-state index in [0.717, 1.165) is 6.42 Å². The summed E-state index contributed by atoms with van der Waals surface area (Å²) in [5.41, 5.74) is 5.28. The van der Waals surface area contributed by atoms with Crippen LogP contribution >= 0.6 is 0 Å². The molecule has 1 aromatic rings. The highest BCUT2D eigenvalue weighted by molar-refractivity contribution is 5.84. The summed E-state index contributed by atoms with van der Waals surface area (Å²) >= 11 is 0. The Kier molecular flexibility index (Phi) is 2.24. The van der Waals surface area contributed by atoms with Crippen molar-refractivity contribution in [3.05, 3.63) is 41.0 Å². The largest absolute Gasteiger partial charge is 0.300 e. The van der Waals surface area contributed by atoms with Gasteiger partial charge in [-0.2, -0.15) is 0 Å². The van der Waals surface area contributed by atoms with Crippen molar-refractivity contribution in [1.82, 2.24) is 0 Å². The van der Waals surface area contributed by atoms with Gasteiger partial charge >= 0.3 is 0 Å². The van der Waals surface area contributed by atoms with E-state index in [1.165, 1.54) is 22.3 Å². The van der Waals surface area contributed by atoms with Gasteiger partial charge in [-0.1, -0.05) is 29.8 Å². The molecule has 0 fully saturated rings. The minimum absolute atomic E-state index is 0.257. The van der Waals surface area contributed by atoms with E-state index < -0.39 is 0 Å². The van der Waals surface area contributed by atoms with Crippen molar-refractivity contribution >= 4 is 11.4 Å². The molecule has 0 amide bonds. The van der Waals surface area contributed by atoms with Gasteiger partial charge in [-0.3, -0.25) is 4.79 Å². The van der Waals surface area contributed by atoms with E-state index in [1.807, 2.05) is 0 Å². The smallest absolute Gasteiger partial charge is 0.133 e. The number of Topliss-reactive ketones (excluding diaryl/α,β-unsaturated/α-hetero) is 1. The predicted octanol–water partition coefficient (Wildman–Crippen LogP) is 3.00. The summed E-state index contributed by atoms with van der Waals surface area (Å²) < 4.78 is 0. The van der Waals surface area contributed by atoms with Crippen LogP contribution in [-0.2, 0) is 11.2 Å². The number of benzene rings is 1. The number of hydrogen-bond acceptors (Lipinski definition) is 1. The van der Waals surface area contributed by atoms with Crippen LogP contribution in [0.3, 0.4) is 0 Å². The molecule has 2 rings (SSSR count). The highest BCUT2D eigenvalue weighted by Crippen LogP contribution is 2.33. The summed E-state index contributed by atoms with van der Waals surface area (Å²) in [6.45, 7) is 3.77. The summed E-state index contributed by atoms with van der Waals surface area (Å²) in [6, 6.07) is 8.39. The number of carbonyl (C=O) groups is 1. The SMILES string of the molecule is CC(=O)CC1=C(C)c2ccccc2C1. The Hall–Kier alpha value is -1.37. The molecule has 0 radical (unpaired) electrons. The van der Waals surface area contributed by atoms with Crippen molar-refractivity contribution in [2.75, 3.05) is 0 Å². The molecule has 1 heteroatoms. The first-order chi connectivity index (χ1) is 6.68. The lowest BCUT2D eigenvalue weighted by Crippen LogP contribution is -1.94. The van der Waals surface area contributed by atoms with Crippen LogP contribution in [0, 0.1) is 0 Å². The molecule has 0 saturated heterocycles. The normalized spacial score (nSPS) is 14.4. The highest BCUT2D eigenvalue weighted by atomic mass is 16.1. The first kappa shape index (κ1) is 9.20. The second-order valence-electron chi connectivity index (χ2n) is 3.94. The van der Waals surface area contributed by atoms with Crippen molar-refractivity contribution < 1.29 is 4.79 Å². The molecule has 0 heterocycles. The molecular weight excluding hydrogens is 172 g/mol. The third-order valence-electron chi connectivity index (χ3n) is 2.82. The molecule has 0 atom stereocenters. The van der Waals surface area contributed by atoms with Gasteiger partial charge in [-0.05, 0) is 37.0 Å². The zero-order valence-electron chi connectivity index (χ0n) is 8.63. The Labute approximate surface area is 84.5 Å². The van der Waals surface area contributed by atoms with Gasteiger partial charge in [0.2, 0.25) is 0 Å². The number of carbonyl (C=O) groups excluding carboxylic acids is 1. The first-order valence-corrected chi connectivity index (χ1v) is 4.95. The number of fused-ring (bicyclic) bond motifs is 1. The summed E-state index contributed by atoms with van der Waals surface area (Å²) in [6.07, 6.45) is 1.57. The van der Waals surface area contributed by atoms with E-state index in [9.17, 15) is 4.79 Å². The second kappa shape index (κ2) is 3.41. The van der Waals surface area contributed by atoms with Crippen LogP contribution in [-0.4, -0.2) is 5.78 Å². The molecule has 14 heavy (non-hydrogen) atoms. The third-order valence-corrected chi connectivity index (χ3v) is 2.82. The van der Waals surface area contributed by atoms with E-state index >= 15 is 0 Å². The maximum Gasteiger partial charge on any atom is 0.133 e. The lowest BCUT2D eigenvalue weighted by Gasteiger charge is -1.99. The lowest BCUT2D eigenvalue weighted by molar-refractivity contribution is -0.116. The molecule has 0 unspecified atom stereocenters. The number of ketones is 1. The van der Waals surface area contributed by atoms with Gasteiger partial charge in [0.05, 0.1) is 0 Å². The number of rotatable bonds is 2. The van der Waals surface area contributed by atoms with Crippen molar-refractivity contribution in [1.29, 1.82) is 0 Å². The third kappa shape index (κ3) is 1.50. The molecule has 0 spiro atoms. The first-order valence-electron chi connectivity index (χ1n) is 4.95. The fourth-order valence-corrected chi connectivity index (χ4v) is 2.09. The minimum atomic E-state index is 0.257. The lowest BCUT2D eigenvalue weighted by atomic mass is 10.1. The predicted molar refractivity (Wildman–Crippen MR) is 58.0 cm³/mol. The molecule has 1 aliphatic rings. The monoisotopic (exact) mass is 186 g/mol. The molecule has 0 N–H and O–H groups in total. The Morgan fingerprint density at radius 3 is 2.71 bits per heavy atom. The standard InChI is InChI=1S/C13H14O/c1-9(14)7-12-8-11-5-3-4-6-13(11)10(12)2/h3-6H,7-8H2,1-2H3. The fraction of sp³-hybridized carbons (Fsp3) is 0.308. The van der Waals surface area contributed by atoms with Crippen molar-refractivity contribution in [3.8, 4) is 0 Å². The molecular formula is C13H14O. The van der Waals surface area contributed by atoms with Gasteiger partial charge in [0.25, 0.3) is 0 Å². The van der Waals surface area contributed by atoms with Crippen LogP contribution in [0.4, 0.5) is 0 Å². The summed E-state index contributed by atoms with van der Waals surface area (Å²) in [7, 11) is 0. The van der Waals surface area contributed by atoms with Crippen LogP contribution in [0.5, 0.6) is 0 Å². The van der Waals surface area contributed by atoms with Gasteiger partial charge in [-0.25, -0.2) is 0 Å². The maximum atomic E-state index is 11.1. The summed E-state index contributed by atoms with van der Waals surface area (Å²) in [4.78, 5) is 11.1. The van der Waals surface area contributed by atoms with Crippen LogP contribution in [0.1, 0.15) is 31.4 Å². The van der Waals surface area contributed by atoms with Crippen LogP contribution < -0.4 is 0 Å². The summed E-state index contributed by atoms with van der Waals surface area (Å²) in [5, 5.41) is 0. The zero-order valence-corrected chi connectivity index (χ0v) is 8.63. The molecule has 0 bridgehead atoms.